The molecule has 0 aliphatic carbocycles. The van der Waals surface area contributed by atoms with E-state index in [0.717, 1.165) is 18.6 Å². The van der Waals surface area contributed by atoms with Crippen molar-refractivity contribution in [2.45, 2.75) is 31.0 Å². The molecule has 27 heavy (non-hydrogen) atoms. The fourth-order valence-electron chi connectivity index (χ4n) is 3.44. The first kappa shape index (κ1) is 19.1. The summed E-state index contributed by atoms with van der Waals surface area (Å²) in [7, 11) is 0. The SMILES string of the molecule is NC(=O)C1(CC(=O)c2ccccc2-c2ccc(C(F)(F)F)cc2)CCCN1. The van der Waals surface area contributed by atoms with Gasteiger partial charge in [-0.15, -0.1) is 0 Å². The van der Waals surface area contributed by atoms with Crippen molar-refractivity contribution in [1.29, 1.82) is 0 Å². The highest BCUT2D eigenvalue weighted by Gasteiger charge is 2.41. The number of alkyl halides is 3. The van der Waals surface area contributed by atoms with Gasteiger partial charge >= 0.3 is 6.18 Å². The normalized spacial score (nSPS) is 19.8. The van der Waals surface area contributed by atoms with Crippen molar-refractivity contribution < 1.29 is 22.8 Å². The molecule has 3 rings (SSSR count). The van der Waals surface area contributed by atoms with E-state index >= 15 is 0 Å². The van der Waals surface area contributed by atoms with E-state index in [1.807, 2.05) is 0 Å². The molecule has 0 spiro atoms. The Morgan fingerprint density at radius 3 is 2.30 bits per heavy atom. The molecule has 1 amide bonds. The fourth-order valence-corrected chi connectivity index (χ4v) is 3.44. The largest absolute Gasteiger partial charge is 0.416 e. The molecule has 4 nitrogen and oxygen atoms in total. The molecular formula is C20H19F3N2O2. The molecule has 3 N–H and O–H groups in total. The summed E-state index contributed by atoms with van der Waals surface area (Å²) in [4.78, 5) is 24.8. The number of carbonyl (C=O) groups excluding carboxylic acids is 2. The smallest absolute Gasteiger partial charge is 0.368 e. The van der Waals surface area contributed by atoms with Crippen LogP contribution in [0.25, 0.3) is 11.1 Å². The lowest BCUT2D eigenvalue weighted by Gasteiger charge is -2.25. The van der Waals surface area contributed by atoms with Crippen LogP contribution in [-0.2, 0) is 11.0 Å². The lowest BCUT2D eigenvalue weighted by molar-refractivity contribution is -0.137. The van der Waals surface area contributed by atoms with E-state index in [9.17, 15) is 22.8 Å². The Labute approximate surface area is 154 Å². The number of halogens is 3. The quantitative estimate of drug-likeness (QED) is 0.784. The molecule has 0 bridgehead atoms. The van der Waals surface area contributed by atoms with E-state index in [-0.39, 0.29) is 12.2 Å². The van der Waals surface area contributed by atoms with Gasteiger partial charge in [0.2, 0.25) is 5.91 Å². The maximum absolute atomic E-state index is 12.9. The summed E-state index contributed by atoms with van der Waals surface area (Å²) in [5, 5.41) is 3.03. The Balaban J connectivity index is 1.92. The fraction of sp³-hybridized carbons (Fsp3) is 0.300. The first-order chi connectivity index (χ1) is 12.7. The van der Waals surface area contributed by atoms with Gasteiger partial charge in [0.15, 0.2) is 5.78 Å². The summed E-state index contributed by atoms with van der Waals surface area (Å²) in [5.41, 5.74) is 5.06. The summed E-state index contributed by atoms with van der Waals surface area (Å²) in [6.07, 6.45) is -3.27. The molecule has 1 aliphatic rings. The Hall–Kier alpha value is -2.67. The summed E-state index contributed by atoms with van der Waals surface area (Å²) >= 11 is 0. The molecular weight excluding hydrogens is 357 g/mol. The van der Waals surface area contributed by atoms with E-state index in [4.69, 9.17) is 5.73 Å². The van der Waals surface area contributed by atoms with Gasteiger partial charge in [0.05, 0.1) is 5.56 Å². The number of ketones is 1. The van der Waals surface area contributed by atoms with Crippen molar-refractivity contribution in [3.8, 4) is 11.1 Å². The zero-order valence-electron chi connectivity index (χ0n) is 14.5. The van der Waals surface area contributed by atoms with Gasteiger partial charge in [-0.05, 0) is 42.6 Å². The van der Waals surface area contributed by atoms with Crippen LogP contribution in [0, 0.1) is 0 Å². The zero-order valence-corrected chi connectivity index (χ0v) is 14.5. The van der Waals surface area contributed by atoms with Gasteiger partial charge in [-0.2, -0.15) is 13.2 Å². The van der Waals surface area contributed by atoms with Gasteiger partial charge in [0, 0.05) is 12.0 Å². The highest BCUT2D eigenvalue weighted by molar-refractivity contribution is 6.05. The maximum Gasteiger partial charge on any atom is 0.416 e. The van der Waals surface area contributed by atoms with Crippen LogP contribution in [-0.4, -0.2) is 23.8 Å². The number of rotatable bonds is 5. The molecule has 142 valence electrons. The number of Topliss-reactive ketones (excluding diaryl/α,β-unsaturated/α-hetero) is 1. The summed E-state index contributed by atoms with van der Waals surface area (Å²) < 4.78 is 38.3. The van der Waals surface area contributed by atoms with Crippen molar-refractivity contribution in [2.75, 3.05) is 6.54 Å². The third-order valence-electron chi connectivity index (χ3n) is 4.93. The molecule has 1 unspecified atom stereocenters. The van der Waals surface area contributed by atoms with Crippen molar-refractivity contribution in [3.05, 3.63) is 59.7 Å². The number of carbonyl (C=O) groups is 2. The monoisotopic (exact) mass is 376 g/mol. The van der Waals surface area contributed by atoms with Gasteiger partial charge in [-0.1, -0.05) is 36.4 Å². The standard InChI is InChI=1S/C20H19F3N2O2/c21-20(22,23)14-8-6-13(7-9-14)15-4-1-2-5-16(15)17(26)12-19(18(24)27)10-3-11-25-19/h1-2,4-9,25H,3,10-12H2,(H2,24,27). The minimum Gasteiger partial charge on any atom is -0.368 e. The average Bonchev–Trinajstić information content (AvgIpc) is 3.11. The second-order valence-corrected chi connectivity index (χ2v) is 6.70. The topological polar surface area (TPSA) is 72.2 Å². The number of amides is 1. The van der Waals surface area contributed by atoms with Crippen molar-refractivity contribution in [3.63, 3.8) is 0 Å². The van der Waals surface area contributed by atoms with Crippen LogP contribution < -0.4 is 11.1 Å². The Kier molecular flexibility index (Phi) is 5.06. The van der Waals surface area contributed by atoms with Crippen LogP contribution in [0.5, 0.6) is 0 Å². The van der Waals surface area contributed by atoms with Crippen LogP contribution in [0.15, 0.2) is 48.5 Å². The third-order valence-corrected chi connectivity index (χ3v) is 4.93. The first-order valence-corrected chi connectivity index (χ1v) is 8.58. The molecule has 7 heteroatoms. The Morgan fingerprint density at radius 1 is 1.07 bits per heavy atom. The lowest BCUT2D eigenvalue weighted by atomic mass is 9.86. The Morgan fingerprint density at radius 2 is 1.74 bits per heavy atom. The number of benzene rings is 2. The predicted molar refractivity (Wildman–Crippen MR) is 95.0 cm³/mol. The van der Waals surface area contributed by atoms with E-state index < -0.39 is 23.2 Å². The zero-order chi connectivity index (χ0) is 19.7. The summed E-state index contributed by atoms with van der Waals surface area (Å²) in [6, 6.07) is 11.3. The predicted octanol–water partition coefficient (Wildman–Crippen LogP) is 3.55. The van der Waals surface area contributed by atoms with Crippen LogP contribution in [0.1, 0.15) is 35.2 Å². The third kappa shape index (κ3) is 3.88. The van der Waals surface area contributed by atoms with Crippen molar-refractivity contribution >= 4 is 11.7 Å². The minimum atomic E-state index is -4.42. The van der Waals surface area contributed by atoms with Crippen LogP contribution in [0.3, 0.4) is 0 Å². The number of hydrogen-bond acceptors (Lipinski definition) is 3. The molecule has 0 radical (unpaired) electrons. The molecule has 1 saturated heterocycles. The van der Waals surface area contributed by atoms with E-state index in [1.54, 1.807) is 24.3 Å². The Bertz CT molecular complexity index is 854. The lowest BCUT2D eigenvalue weighted by Crippen LogP contribution is -2.52. The van der Waals surface area contributed by atoms with Crippen molar-refractivity contribution in [2.24, 2.45) is 5.73 Å². The van der Waals surface area contributed by atoms with Gasteiger partial charge in [0.25, 0.3) is 0 Å². The summed E-state index contributed by atoms with van der Waals surface area (Å²) in [5.74, 6) is -0.848. The number of hydrogen-bond donors (Lipinski definition) is 2. The maximum atomic E-state index is 12.9. The molecule has 0 aromatic heterocycles. The van der Waals surface area contributed by atoms with Gasteiger partial charge < -0.3 is 11.1 Å². The van der Waals surface area contributed by atoms with Gasteiger partial charge in [-0.3, -0.25) is 9.59 Å². The highest BCUT2D eigenvalue weighted by Crippen LogP contribution is 2.33. The first-order valence-electron chi connectivity index (χ1n) is 8.58. The van der Waals surface area contributed by atoms with E-state index in [2.05, 4.69) is 5.32 Å². The second kappa shape index (κ2) is 7.15. The number of primary amides is 1. The van der Waals surface area contributed by atoms with Crippen LogP contribution in [0.2, 0.25) is 0 Å². The highest BCUT2D eigenvalue weighted by atomic mass is 19.4. The molecule has 2 aromatic carbocycles. The van der Waals surface area contributed by atoms with Gasteiger partial charge in [0.1, 0.15) is 5.54 Å². The van der Waals surface area contributed by atoms with Crippen LogP contribution >= 0.6 is 0 Å². The van der Waals surface area contributed by atoms with Crippen LogP contribution in [0.4, 0.5) is 13.2 Å². The number of nitrogens with two attached hydrogens (primary N) is 1. The van der Waals surface area contributed by atoms with E-state index in [0.29, 0.717) is 29.7 Å². The van der Waals surface area contributed by atoms with E-state index in [1.165, 1.54) is 12.1 Å². The molecule has 1 fully saturated rings. The molecule has 1 aliphatic heterocycles. The average molecular weight is 376 g/mol. The molecule has 1 heterocycles. The molecule has 0 saturated carbocycles. The van der Waals surface area contributed by atoms with Gasteiger partial charge in [-0.25, -0.2) is 0 Å². The minimum absolute atomic E-state index is 0.0834. The molecule has 2 aromatic rings. The van der Waals surface area contributed by atoms with Crippen molar-refractivity contribution in [1.82, 2.24) is 5.32 Å². The molecule has 1 atom stereocenters. The second-order valence-electron chi connectivity index (χ2n) is 6.70. The number of nitrogens with one attached hydrogen (secondary N) is 1. The summed E-state index contributed by atoms with van der Waals surface area (Å²) in [6.45, 7) is 0.608.